The van der Waals surface area contributed by atoms with Crippen molar-refractivity contribution in [3.05, 3.63) is 29.8 Å². The van der Waals surface area contributed by atoms with Crippen LogP contribution in [0.5, 0.6) is 0 Å². The molecule has 0 bridgehead atoms. The van der Waals surface area contributed by atoms with Gasteiger partial charge >= 0.3 is 0 Å². The molecule has 0 fully saturated rings. The minimum absolute atomic E-state index is 0.0359. The van der Waals surface area contributed by atoms with Crippen LogP contribution in [-0.2, 0) is 4.79 Å². The van der Waals surface area contributed by atoms with Gasteiger partial charge in [0.1, 0.15) is 17.3 Å². The van der Waals surface area contributed by atoms with Gasteiger partial charge in [-0.1, -0.05) is 6.07 Å². The summed E-state index contributed by atoms with van der Waals surface area (Å²) in [4.78, 5) is 11.5. The molecule has 1 aromatic carbocycles. The third kappa shape index (κ3) is 4.15. The van der Waals surface area contributed by atoms with Crippen molar-refractivity contribution in [2.24, 2.45) is 0 Å². The van der Waals surface area contributed by atoms with Gasteiger partial charge in [-0.15, -0.1) is 12.3 Å². The number of para-hydroxylation sites is 1. The highest BCUT2D eigenvalue weighted by Crippen LogP contribution is 2.17. The molecule has 0 spiro atoms. The molecule has 0 saturated carbocycles. The molecule has 3 nitrogen and oxygen atoms in total. The van der Waals surface area contributed by atoms with Gasteiger partial charge in [0.05, 0.1) is 6.54 Å². The van der Waals surface area contributed by atoms with Crippen LogP contribution in [0.3, 0.4) is 0 Å². The third-order valence-electron chi connectivity index (χ3n) is 2.26. The quantitative estimate of drug-likeness (QED) is 0.786. The average molecular weight is 252 g/mol. The molecule has 0 heterocycles. The van der Waals surface area contributed by atoms with Crippen LogP contribution in [-0.4, -0.2) is 18.5 Å². The summed E-state index contributed by atoms with van der Waals surface area (Å²) in [7, 11) is 0. The molecule has 1 atom stereocenters. The SMILES string of the molecule is C#CCC(C)NCC(=O)Nc1c(F)cccc1F. The van der Waals surface area contributed by atoms with Crippen LogP contribution in [0.15, 0.2) is 18.2 Å². The van der Waals surface area contributed by atoms with Gasteiger partial charge in [0, 0.05) is 12.5 Å². The maximum absolute atomic E-state index is 13.2. The molecule has 5 heteroatoms. The Morgan fingerprint density at radius 3 is 2.61 bits per heavy atom. The van der Waals surface area contributed by atoms with Crippen LogP contribution in [0.1, 0.15) is 13.3 Å². The number of anilines is 1. The van der Waals surface area contributed by atoms with Gasteiger partial charge in [-0.05, 0) is 19.1 Å². The van der Waals surface area contributed by atoms with E-state index < -0.39 is 23.2 Å². The first kappa shape index (κ1) is 14.1. The van der Waals surface area contributed by atoms with Crippen LogP contribution in [0, 0.1) is 24.0 Å². The first-order valence-corrected chi connectivity index (χ1v) is 5.45. The fourth-order valence-electron chi connectivity index (χ4n) is 1.32. The van der Waals surface area contributed by atoms with Crippen LogP contribution in [0.25, 0.3) is 0 Å². The number of amides is 1. The summed E-state index contributed by atoms with van der Waals surface area (Å²) in [5.74, 6) is 0.309. The van der Waals surface area contributed by atoms with Crippen molar-refractivity contribution in [2.75, 3.05) is 11.9 Å². The second-order valence-corrected chi connectivity index (χ2v) is 3.84. The summed E-state index contributed by atoms with van der Waals surface area (Å²) in [6, 6.07) is 3.35. The minimum Gasteiger partial charge on any atom is -0.320 e. The van der Waals surface area contributed by atoms with Gasteiger partial charge in [-0.3, -0.25) is 4.79 Å². The van der Waals surface area contributed by atoms with E-state index in [2.05, 4.69) is 16.6 Å². The van der Waals surface area contributed by atoms with Crippen molar-refractivity contribution in [3.8, 4) is 12.3 Å². The lowest BCUT2D eigenvalue weighted by Crippen LogP contribution is -2.34. The van der Waals surface area contributed by atoms with Gasteiger partial charge in [0.25, 0.3) is 0 Å². The third-order valence-corrected chi connectivity index (χ3v) is 2.26. The lowest BCUT2D eigenvalue weighted by Gasteiger charge is -2.11. The number of halogens is 2. The van der Waals surface area contributed by atoms with Crippen molar-refractivity contribution in [3.63, 3.8) is 0 Å². The van der Waals surface area contributed by atoms with E-state index in [4.69, 9.17) is 6.42 Å². The van der Waals surface area contributed by atoms with E-state index in [0.717, 1.165) is 12.1 Å². The predicted octanol–water partition coefficient (Wildman–Crippen LogP) is 1.90. The van der Waals surface area contributed by atoms with Crippen molar-refractivity contribution in [1.82, 2.24) is 5.32 Å². The summed E-state index contributed by atoms with van der Waals surface area (Å²) in [6.45, 7) is 1.76. The van der Waals surface area contributed by atoms with E-state index in [0.29, 0.717) is 6.42 Å². The maximum Gasteiger partial charge on any atom is 0.238 e. The number of rotatable bonds is 5. The number of hydrogen-bond acceptors (Lipinski definition) is 2. The number of terminal acetylenes is 1. The normalized spacial score (nSPS) is 11.7. The van der Waals surface area contributed by atoms with Crippen LogP contribution < -0.4 is 10.6 Å². The fourth-order valence-corrected chi connectivity index (χ4v) is 1.32. The van der Waals surface area contributed by atoms with E-state index in [-0.39, 0.29) is 12.6 Å². The minimum atomic E-state index is -0.806. The summed E-state index contributed by atoms with van der Waals surface area (Å²) >= 11 is 0. The molecule has 0 aliphatic rings. The molecule has 2 N–H and O–H groups in total. The lowest BCUT2D eigenvalue weighted by molar-refractivity contribution is -0.115. The van der Waals surface area contributed by atoms with Crippen LogP contribution >= 0.6 is 0 Å². The van der Waals surface area contributed by atoms with E-state index >= 15 is 0 Å². The second-order valence-electron chi connectivity index (χ2n) is 3.84. The molecule has 1 unspecified atom stereocenters. The standard InChI is InChI=1S/C13H14F2N2O/c1-3-5-9(2)16-8-12(18)17-13-10(14)6-4-7-11(13)15/h1,4,6-7,9,16H,5,8H2,2H3,(H,17,18). The number of nitrogens with one attached hydrogen (secondary N) is 2. The molecule has 18 heavy (non-hydrogen) atoms. The Labute approximate surface area is 105 Å². The Morgan fingerprint density at radius 2 is 2.06 bits per heavy atom. The molecule has 1 amide bonds. The predicted molar refractivity (Wildman–Crippen MR) is 65.9 cm³/mol. The van der Waals surface area contributed by atoms with Crippen molar-refractivity contribution in [1.29, 1.82) is 0 Å². The molecule has 1 aromatic rings. The highest BCUT2D eigenvalue weighted by Gasteiger charge is 2.12. The highest BCUT2D eigenvalue weighted by atomic mass is 19.1. The Balaban J connectivity index is 2.53. The van der Waals surface area contributed by atoms with E-state index in [9.17, 15) is 13.6 Å². The Hall–Kier alpha value is -1.93. The summed E-state index contributed by atoms with van der Waals surface area (Å²) in [5, 5.41) is 5.02. The fraction of sp³-hybridized carbons (Fsp3) is 0.308. The highest BCUT2D eigenvalue weighted by molar-refractivity contribution is 5.92. The summed E-state index contributed by atoms with van der Waals surface area (Å²) < 4.78 is 26.5. The summed E-state index contributed by atoms with van der Waals surface area (Å²) in [5.41, 5.74) is -0.436. The molecular formula is C13H14F2N2O. The zero-order chi connectivity index (χ0) is 13.5. The Morgan fingerprint density at radius 1 is 1.44 bits per heavy atom. The van der Waals surface area contributed by atoms with Gasteiger partial charge in [-0.25, -0.2) is 8.78 Å². The lowest BCUT2D eigenvalue weighted by atomic mass is 10.2. The van der Waals surface area contributed by atoms with Gasteiger partial charge in [-0.2, -0.15) is 0 Å². The van der Waals surface area contributed by atoms with E-state index in [1.807, 2.05) is 6.92 Å². The maximum atomic E-state index is 13.2. The van der Waals surface area contributed by atoms with Crippen LogP contribution in [0.2, 0.25) is 0 Å². The molecule has 0 saturated heterocycles. The zero-order valence-electron chi connectivity index (χ0n) is 9.97. The summed E-state index contributed by atoms with van der Waals surface area (Å²) in [6.07, 6.45) is 5.58. The molecule has 1 rings (SSSR count). The molecule has 0 aliphatic carbocycles. The monoisotopic (exact) mass is 252 g/mol. The zero-order valence-corrected chi connectivity index (χ0v) is 9.97. The molecule has 0 radical (unpaired) electrons. The molecule has 0 aliphatic heterocycles. The van der Waals surface area contributed by atoms with Crippen molar-refractivity contribution >= 4 is 11.6 Å². The van der Waals surface area contributed by atoms with E-state index in [1.165, 1.54) is 6.07 Å². The van der Waals surface area contributed by atoms with Gasteiger partial charge in [0.15, 0.2) is 0 Å². The Bertz CT molecular complexity index is 448. The average Bonchev–Trinajstić information content (AvgIpc) is 2.32. The second kappa shape index (κ2) is 6.72. The topological polar surface area (TPSA) is 41.1 Å². The largest absolute Gasteiger partial charge is 0.320 e. The van der Waals surface area contributed by atoms with Crippen molar-refractivity contribution in [2.45, 2.75) is 19.4 Å². The first-order chi connectivity index (χ1) is 8.54. The Kier molecular flexibility index (Phi) is 5.28. The number of carbonyl (C=O) groups excluding carboxylic acids is 1. The van der Waals surface area contributed by atoms with Gasteiger partial charge in [0.2, 0.25) is 5.91 Å². The number of hydrogen-bond donors (Lipinski definition) is 2. The molecule has 0 aromatic heterocycles. The number of carbonyl (C=O) groups is 1. The first-order valence-electron chi connectivity index (χ1n) is 5.45. The van der Waals surface area contributed by atoms with Crippen molar-refractivity contribution < 1.29 is 13.6 Å². The van der Waals surface area contributed by atoms with E-state index in [1.54, 1.807) is 0 Å². The molecular weight excluding hydrogens is 238 g/mol. The molecule has 96 valence electrons. The number of benzene rings is 1. The van der Waals surface area contributed by atoms with Crippen LogP contribution in [0.4, 0.5) is 14.5 Å². The smallest absolute Gasteiger partial charge is 0.238 e. The van der Waals surface area contributed by atoms with Gasteiger partial charge < -0.3 is 10.6 Å².